The molecule has 1 saturated heterocycles. The minimum absolute atomic E-state index is 0.179. The van der Waals surface area contributed by atoms with Gasteiger partial charge in [0.1, 0.15) is 11.9 Å². The second kappa shape index (κ2) is 6.11. The quantitative estimate of drug-likeness (QED) is 0.847. The van der Waals surface area contributed by atoms with Crippen LogP contribution in [0.2, 0.25) is 0 Å². The molecule has 0 bridgehead atoms. The Morgan fingerprint density at radius 1 is 1.52 bits per heavy atom. The normalized spacial score (nSPS) is 29.8. The van der Waals surface area contributed by atoms with Gasteiger partial charge in [-0.25, -0.2) is 4.98 Å². The van der Waals surface area contributed by atoms with Crippen LogP contribution in [-0.2, 0) is 9.53 Å². The van der Waals surface area contributed by atoms with E-state index in [4.69, 9.17) is 10.5 Å². The predicted octanol–water partition coefficient (Wildman–Crippen LogP) is 0.531. The maximum Gasteiger partial charge on any atom is 0.223 e. The lowest BCUT2D eigenvalue weighted by molar-refractivity contribution is -0.140. The Morgan fingerprint density at radius 2 is 2.38 bits per heavy atom. The van der Waals surface area contributed by atoms with E-state index >= 15 is 0 Å². The van der Waals surface area contributed by atoms with Gasteiger partial charge in [0.25, 0.3) is 0 Å². The predicted molar refractivity (Wildman–Crippen MR) is 76.3 cm³/mol. The molecule has 3 rings (SSSR count). The molecule has 0 aromatic carbocycles. The summed E-state index contributed by atoms with van der Waals surface area (Å²) < 4.78 is 5.69. The van der Waals surface area contributed by atoms with Gasteiger partial charge in [0.15, 0.2) is 5.82 Å². The fourth-order valence-electron chi connectivity index (χ4n) is 3.21. The molecule has 1 aliphatic heterocycles. The van der Waals surface area contributed by atoms with Crippen molar-refractivity contribution in [2.75, 3.05) is 19.7 Å². The number of nitrogens with zero attached hydrogens (tertiary/aromatic N) is 3. The van der Waals surface area contributed by atoms with E-state index < -0.39 is 0 Å². The molecule has 2 fully saturated rings. The standard InChI is InChI=1S/C14H23N5O2/c1-9-16-14(18-17-9)12-8-19(5-6-21-12)13(20)7-10-3-2-4-11(10)15/h10-12H,2-8,15H2,1H3,(H,16,17,18)/t10-,11+,12?/m0/s1. The average Bonchev–Trinajstić information content (AvgIpc) is 3.08. The van der Waals surface area contributed by atoms with Gasteiger partial charge in [-0.1, -0.05) is 6.42 Å². The third kappa shape index (κ3) is 3.24. The number of aromatic nitrogens is 3. The summed E-state index contributed by atoms with van der Waals surface area (Å²) in [7, 11) is 0. The van der Waals surface area contributed by atoms with Crippen LogP contribution in [0.4, 0.5) is 0 Å². The second-order valence-electron chi connectivity index (χ2n) is 6.04. The highest BCUT2D eigenvalue weighted by molar-refractivity contribution is 5.76. The third-order valence-electron chi connectivity index (χ3n) is 4.48. The van der Waals surface area contributed by atoms with Crippen molar-refractivity contribution in [3.63, 3.8) is 0 Å². The van der Waals surface area contributed by atoms with Crippen molar-refractivity contribution in [1.29, 1.82) is 0 Å². The van der Waals surface area contributed by atoms with E-state index in [1.54, 1.807) is 0 Å². The number of hydrogen-bond acceptors (Lipinski definition) is 5. The molecule has 1 unspecified atom stereocenters. The number of carbonyl (C=O) groups is 1. The Kier molecular flexibility index (Phi) is 4.21. The highest BCUT2D eigenvalue weighted by atomic mass is 16.5. The zero-order chi connectivity index (χ0) is 14.8. The fourth-order valence-corrected chi connectivity index (χ4v) is 3.21. The smallest absolute Gasteiger partial charge is 0.223 e. The highest BCUT2D eigenvalue weighted by Crippen LogP contribution is 2.28. The van der Waals surface area contributed by atoms with Crippen LogP contribution in [0.15, 0.2) is 0 Å². The van der Waals surface area contributed by atoms with Crippen LogP contribution in [0.1, 0.15) is 43.4 Å². The summed E-state index contributed by atoms with van der Waals surface area (Å²) in [6.45, 7) is 3.54. The van der Waals surface area contributed by atoms with Gasteiger partial charge < -0.3 is 15.4 Å². The third-order valence-corrected chi connectivity index (χ3v) is 4.48. The molecule has 21 heavy (non-hydrogen) atoms. The zero-order valence-electron chi connectivity index (χ0n) is 12.4. The topological polar surface area (TPSA) is 97.1 Å². The summed E-state index contributed by atoms with van der Waals surface area (Å²) in [6, 6.07) is 0.182. The highest BCUT2D eigenvalue weighted by Gasteiger charge is 2.31. The largest absolute Gasteiger partial charge is 0.366 e. The van der Waals surface area contributed by atoms with Crippen molar-refractivity contribution >= 4 is 5.91 Å². The summed E-state index contributed by atoms with van der Waals surface area (Å²) in [5.41, 5.74) is 6.06. The molecular formula is C14H23N5O2. The van der Waals surface area contributed by atoms with Crippen LogP contribution in [-0.4, -0.2) is 51.7 Å². The molecule has 0 radical (unpaired) electrons. The van der Waals surface area contributed by atoms with Crippen LogP contribution in [0.3, 0.4) is 0 Å². The molecular weight excluding hydrogens is 270 g/mol. The molecule has 3 atom stereocenters. The van der Waals surface area contributed by atoms with Gasteiger partial charge in [0, 0.05) is 19.0 Å². The number of aryl methyl sites for hydroxylation is 1. The number of H-pyrrole nitrogens is 1. The molecule has 2 heterocycles. The molecule has 116 valence electrons. The van der Waals surface area contributed by atoms with Crippen molar-refractivity contribution in [2.45, 2.75) is 44.8 Å². The first-order valence-electron chi connectivity index (χ1n) is 7.67. The van der Waals surface area contributed by atoms with Gasteiger partial charge >= 0.3 is 0 Å². The molecule has 0 spiro atoms. The molecule has 7 nitrogen and oxygen atoms in total. The van der Waals surface area contributed by atoms with E-state index in [2.05, 4.69) is 15.2 Å². The van der Waals surface area contributed by atoms with Crippen molar-refractivity contribution in [1.82, 2.24) is 20.1 Å². The van der Waals surface area contributed by atoms with Crippen LogP contribution < -0.4 is 5.73 Å². The van der Waals surface area contributed by atoms with E-state index in [9.17, 15) is 4.79 Å². The summed E-state index contributed by atoms with van der Waals surface area (Å²) in [5, 5.41) is 6.94. The summed E-state index contributed by atoms with van der Waals surface area (Å²) in [5.74, 6) is 1.90. The number of rotatable bonds is 3. The van der Waals surface area contributed by atoms with Crippen LogP contribution in [0.5, 0.6) is 0 Å². The molecule has 1 aromatic rings. The lowest BCUT2D eigenvalue weighted by Gasteiger charge is -2.32. The Balaban J connectivity index is 1.59. The number of nitrogens with one attached hydrogen (secondary N) is 1. The number of amides is 1. The minimum atomic E-state index is -0.232. The molecule has 7 heteroatoms. The van der Waals surface area contributed by atoms with Gasteiger partial charge in [-0.3, -0.25) is 9.89 Å². The maximum atomic E-state index is 12.4. The number of ether oxygens (including phenoxy) is 1. The SMILES string of the molecule is Cc1nc(C2CN(C(=O)C[C@@H]3CCC[C@H]3N)CCO2)n[nH]1. The van der Waals surface area contributed by atoms with Crippen LogP contribution >= 0.6 is 0 Å². The van der Waals surface area contributed by atoms with Crippen molar-refractivity contribution < 1.29 is 9.53 Å². The lowest BCUT2D eigenvalue weighted by atomic mass is 9.99. The minimum Gasteiger partial charge on any atom is -0.366 e. The first kappa shape index (κ1) is 14.5. The monoisotopic (exact) mass is 293 g/mol. The van der Waals surface area contributed by atoms with Crippen molar-refractivity contribution in [3.05, 3.63) is 11.6 Å². The molecule has 1 aliphatic carbocycles. The Labute approximate surface area is 124 Å². The van der Waals surface area contributed by atoms with Crippen molar-refractivity contribution in [3.8, 4) is 0 Å². The second-order valence-corrected chi connectivity index (χ2v) is 6.04. The Morgan fingerprint density at radius 3 is 3.05 bits per heavy atom. The molecule has 2 aliphatic rings. The number of aromatic amines is 1. The van der Waals surface area contributed by atoms with Crippen LogP contribution in [0.25, 0.3) is 0 Å². The molecule has 1 aromatic heterocycles. The summed E-state index contributed by atoms with van der Waals surface area (Å²) >= 11 is 0. The van der Waals surface area contributed by atoms with E-state index in [0.717, 1.165) is 25.1 Å². The van der Waals surface area contributed by atoms with E-state index in [0.29, 0.717) is 37.9 Å². The number of morpholine rings is 1. The zero-order valence-corrected chi connectivity index (χ0v) is 12.4. The Bertz CT molecular complexity index is 503. The first-order valence-corrected chi connectivity index (χ1v) is 7.67. The maximum absolute atomic E-state index is 12.4. The van der Waals surface area contributed by atoms with Crippen molar-refractivity contribution in [2.24, 2.45) is 11.7 Å². The van der Waals surface area contributed by atoms with Gasteiger partial charge in [0.2, 0.25) is 5.91 Å². The van der Waals surface area contributed by atoms with E-state index in [-0.39, 0.29) is 18.1 Å². The Hall–Kier alpha value is -1.47. The summed E-state index contributed by atoms with van der Waals surface area (Å²) in [4.78, 5) is 18.6. The molecule has 3 N–H and O–H groups in total. The molecule has 1 amide bonds. The van der Waals surface area contributed by atoms with E-state index in [1.165, 1.54) is 0 Å². The average molecular weight is 293 g/mol. The van der Waals surface area contributed by atoms with Gasteiger partial charge in [-0.15, -0.1) is 0 Å². The van der Waals surface area contributed by atoms with Crippen LogP contribution in [0, 0.1) is 12.8 Å². The number of carbonyl (C=O) groups excluding carboxylic acids is 1. The lowest BCUT2D eigenvalue weighted by Crippen LogP contribution is -2.43. The van der Waals surface area contributed by atoms with Gasteiger partial charge in [0.05, 0.1) is 13.2 Å². The first-order chi connectivity index (χ1) is 10.1. The van der Waals surface area contributed by atoms with Gasteiger partial charge in [-0.05, 0) is 25.7 Å². The number of hydrogen-bond donors (Lipinski definition) is 2. The molecule has 1 saturated carbocycles. The summed E-state index contributed by atoms with van der Waals surface area (Å²) in [6.07, 6.45) is 3.58. The van der Waals surface area contributed by atoms with E-state index in [1.807, 2.05) is 11.8 Å². The number of nitrogens with two attached hydrogens (primary N) is 1. The van der Waals surface area contributed by atoms with Gasteiger partial charge in [-0.2, -0.15) is 5.10 Å². The fraction of sp³-hybridized carbons (Fsp3) is 0.786.